The Morgan fingerprint density at radius 2 is 2.00 bits per heavy atom. The van der Waals surface area contributed by atoms with Crippen LogP contribution in [0.3, 0.4) is 0 Å². The number of hydrogen-bond acceptors (Lipinski definition) is 6. The zero-order valence-electron chi connectivity index (χ0n) is 9.26. The van der Waals surface area contributed by atoms with Gasteiger partial charge in [-0.3, -0.25) is 10.1 Å². The molecular formula is C9H6ClN5O4. The molecule has 2 rings (SSSR count). The normalized spacial score (nSPS) is 10.4. The SMILES string of the molecule is O=[N+]([O-])c1ncn(Cc2ccc(Cl)c([N+](=O)[O-])c2)n1. The molecule has 0 aliphatic heterocycles. The first-order valence-electron chi connectivity index (χ1n) is 4.94. The molecule has 1 heterocycles. The Morgan fingerprint density at radius 1 is 1.26 bits per heavy atom. The van der Waals surface area contributed by atoms with Gasteiger partial charge >= 0.3 is 5.95 Å². The van der Waals surface area contributed by atoms with E-state index in [1.165, 1.54) is 23.1 Å². The van der Waals surface area contributed by atoms with Gasteiger partial charge in [-0.15, -0.1) is 0 Å². The van der Waals surface area contributed by atoms with Crippen LogP contribution >= 0.6 is 11.6 Å². The zero-order chi connectivity index (χ0) is 14.0. The van der Waals surface area contributed by atoms with E-state index in [1.54, 1.807) is 6.07 Å². The first-order chi connectivity index (χ1) is 8.97. The fourth-order valence-electron chi connectivity index (χ4n) is 1.43. The summed E-state index contributed by atoms with van der Waals surface area (Å²) < 4.78 is 1.21. The van der Waals surface area contributed by atoms with Crippen LogP contribution in [0, 0.1) is 20.2 Å². The number of aromatic nitrogens is 3. The average Bonchev–Trinajstić information content (AvgIpc) is 2.80. The Kier molecular flexibility index (Phi) is 3.38. The van der Waals surface area contributed by atoms with Gasteiger partial charge in [-0.25, -0.2) is 0 Å². The van der Waals surface area contributed by atoms with Gasteiger partial charge in [-0.2, -0.15) is 4.68 Å². The summed E-state index contributed by atoms with van der Waals surface area (Å²) in [6.45, 7) is 0.124. The lowest BCUT2D eigenvalue weighted by atomic mass is 10.2. The Balaban J connectivity index is 2.25. The maximum Gasteiger partial charge on any atom is 0.490 e. The molecule has 0 bridgehead atoms. The van der Waals surface area contributed by atoms with Crippen molar-refractivity contribution in [1.29, 1.82) is 0 Å². The third-order valence-corrected chi connectivity index (χ3v) is 2.56. The van der Waals surface area contributed by atoms with Crippen LogP contribution in [0.5, 0.6) is 0 Å². The van der Waals surface area contributed by atoms with Crippen LogP contribution in [0.2, 0.25) is 5.02 Å². The predicted molar refractivity (Wildman–Crippen MR) is 63.9 cm³/mol. The van der Waals surface area contributed by atoms with Crippen LogP contribution < -0.4 is 0 Å². The first kappa shape index (κ1) is 12.9. The summed E-state index contributed by atoms with van der Waals surface area (Å²) >= 11 is 5.67. The van der Waals surface area contributed by atoms with E-state index in [1.807, 2.05) is 0 Å². The molecule has 0 fully saturated rings. The summed E-state index contributed by atoms with van der Waals surface area (Å²) in [4.78, 5) is 23.3. The fourth-order valence-corrected chi connectivity index (χ4v) is 1.61. The van der Waals surface area contributed by atoms with Gasteiger partial charge in [0.1, 0.15) is 5.02 Å². The number of halogens is 1. The number of nitro groups is 2. The van der Waals surface area contributed by atoms with Gasteiger partial charge in [0.25, 0.3) is 5.69 Å². The smallest absolute Gasteiger partial charge is 0.390 e. The molecule has 1 aromatic carbocycles. The number of benzene rings is 1. The van der Waals surface area contributed by atoms with Crippen molar-refractivity contribution in [2.45, 2.75) is 6.54 Å². The second-order valence-corrected chi connectivity index (χ2v) is 3.95. The highest BCUT2D eigenvalue weighted by atomic mass is 35.5. The third kappa shape index (κ3) is 2.83. The molecule has 0 radical (unpaired) electrons. The molecule has 0 amide bonds. The van der Waals surface area contributed by atoms with E-state index in [4.69, 9.17) is 11.6 Å². The second-order valence-electron chi connectivity index (χ2n) is 3.54. The fraction of sp³-hybridized carbons (Fsp3) is 0.111. The van der Waals surface area contributed by atoms with Crippen LogP contribution in [-0.4, -0.2) is 24.6 Å². The lowest BCUT2D eigenvalue weighted by molar-refractivity contribution is -0.394. The maximum atomic E-state index is 10.7. The quantitative estimate of drug-likeness (QED) is 0.623. The van der Waals surface area contributed by atoms with Crippen LogP contribution in [0.25, 0.3) is 0 Å². The zero-order valence-corrected chi connectivity index (χ0v) is 10.0. The van der Waals surface area contributed by atoms with E-state index in [0.717, 1.165) is 0 Å². The van der Waals surface area contributed by atoms with Gasteiger partial charge in [0.15, 0.2) is 0 Å². The van der Waals surface area contributed by atoms with Crippen LogP contribution in [0.4, 0.5) is 11.6 Å². The molecule has 0 aliphatic rings. The number of rotatable bonds is 4. The molecule has 0 atom stereocenters. The minimum atomic E-state index is -0.721. The molecule has 10 heteroatoms. The van der Waals surface area contributed by atoms with Crippen molar-refractivity contribution in [2.24, 2.45) is 0 Å². The first-order valence-corrected chi connectivity index (χ1v) is 5.32. The minimum absolute atomic E-state index is 0.0262. The lowest BCUT2D eigenvalue weighted by Crippen LogP contribution is -2.02. The highest BCUT2D eigenvalue weighted by Crippen LogP contribution is 2.25. The molecule has 1 aromatic heterocycles. The number of nitro benzene ring substituents is 1. The summed E-state index contributed by atoms with van der Waals surface area (Å²) in [5, 5.41) is 24.8. The van der Waals surface area contributed by atoms with Crippen LogP contribution in [0.1, 0.15) is 5.56 Å². The van der Waals surface area contributed by atoms with Crippen molar-refractivity contribution in [3.8, 4) is 0 Å². The Morgan fingerprint density at radius 3 is 2.58 bits per heavy atom. The van der Waals surface area contributed by atoms with Gasteiger partial charge in [-0.1, -0.05) is 22.7 Å². The summed E-state index contributed by atoms with van der Waals surface area (Å²) in [6.07, 6.45) is 1.18. The monoisotopic (exact) mass is 283 g/mol. The van der Waals surface area contributed by atoms with Crippen molar-refractivity contribution in [3.05, 3.63) is 55.3 Å². The van der Waals surface area contributed by atoms with E-state index < -0.39 is 15.8 Å². The van der Waals surface area contributed by atoms with E-state index in [-0.39, 0.29) is 17.3 Å². The van der Waals surface area contributed by atoms with Crippen molar-refractivity contribution < 1.29 is 9.85 Å². The summed E-state index contributed by atoms with van der Waals surface area (Å²) in [5.41, 5.74) is 0.310. The molecular weight excluding hydrogens is 278 g/mol. The second kappa shape index (κ2) is 4.98. The van der Waals surface area contributed by atoms with Crippen molar-refractivity contribution in [3.63, 3.8) is 0 Å². The number of hydrogen-bond donors (Lipinski definition) is 0. The molecule has 0 spiro atoms. The Bertz CT molecular complexity index is 656. The maximum absolute atomic E-state index is 10.7. The number of nitrogens with zero attached hydrogens (tertiary/aromatic N) is 5. The summed E-state index contributed by atoms with van der Waals surface area (Å²) in [6, 6.07) is 4.25. The van der Waals surface area contributed by atoms with Crippen molar-refractivity contribution in [2.75, 3.05) is 0 Å². The summed E-state index contributed by atoms with van der Waals surface area (Å²) in [5.74, 6) is -0.525. The Hall–Kier alpha value is -2.55. The van der Waals surface area contributed by atoms with Crippen molar-refractivity contribution in [1.82, 2.24) is 14.8 Å². The minimum Gasteiger partial charge on any atom is -0.390 e. The van der Waals surface area contributed by atoms with Gasteiger partial charge in [0.05, 0.1) is 11.5 Å². The van der Waals surface area contributed by atoms with Crippen LogP contribution in [0.15, 0.2) is 24.5 Å². The molecule has 0 aliphatic carbocycles. The standard InChI is InChI=1S/C9H6ClN5O4/c10-7-2-1-6(3-8(7)14(16)17)4-13-5-11-9(12-13)15(18)19/h1-3,5H,4H2. The molecule has 2 aromatic rings. The average molecular weight is 284 g/mol. The van der Waals surface area contributed by atoms with E-state index in [2.05, 4.69) is 10.1 Å². The van der Waals surface area contributed by atoms with Crippen molar-refractivity contribution >= 4 is 23.2 Å². The molecule has 0 unspecified atom stereocenters. The molecule has 0 saturated heterocycles. The van der Waals surface area contributed by atoms with Gasteiger partial charge in [-0.05, 0) is 16.6 Å². The van der Waals surface area contributed by atoms with E-state index >= 15 is 0 Å². The molecule has 9 nitrogen and oxygen atoms in total. The predicted octanol–water partition coefficient (Wildman–Crippen LogP) is 1.80. The third-order valence-electron chi connectivity index (χ3n) is 2.24. The van der Waals surface area contributed by atoms with E-state index in [0.29, 0.717) is 5.56 Å². The van der Waals surface area contributed by atoms with Gasteiger partial charge < -0.3 is 10.1 Å². The highest BCUT2D eigenvalue weighted by Gasteiger charge is 2.16. The highest BCUT2D eigenvalue weighted by molar-refractivity contribution is 6.32. The van der Waals surface area contributed by atoms with Gasteiger partial charge in [0.2, 0.25) is 6.33 Å². The Labute approximate surface area is 110 Å². The molecule has 0 saturated carbocycles. The van der Waals surface area contributed by atoms with Gasteiger partial charge in [0, 0.05) is 11.2 Å². The van der Waals surface area contributed by atoms with E-state index in [9.17, 15) is 20.2 Å². The lowest BCUT2D eigenvalue weighted by Gasteiger charge is -2.00. The molecule has 98 valence electrons. The molecule has 0 N–H and O–H groups in total. The largest absolute Gasteiger partial charge is 0.490 e. The topological polar surface area (TPSA) is 117 Å². The molecule has 19 heavy (non-hydrogen) atoms. The van der Waals surface area contributed by atoms with Crippen LogP contribution in [-0.2, 0) is 6.54 Å². The summed E-state index contributed by atoms with van der Waals surface area (Å²) in [7, 11) is 0.